The first-order chi connectivity index (χ1) is 10.7. The van der Waals surface area contributed by atoms with Gasteiger partial charge in [0.05, 0.1) is 11.0 Å². The van der Waals surface area contributed by atoms with Crippen molar-refractivity contribution >= 4 is 16.9 Å². The van der Waals surface area contributed by atoms with Crippen LogP contribution in [0.3, 0.4) is 0 Å². The number of aromatic nitrogens is 3. The number of benzene rings is 1. The number of pyridine rings is 1. The molecule has 0 spiro atoms. The Morgan fingerprint density at radius 2 is 2.14 bits per heavy atom. The van der Waals surface area contributed by atoms with Crippen molar-refractivity contribution in [2.45, 2.75) is 6.42 Å². The molecule has 0 unspecified atom stereocenters. The lowest BCUT2D eigenvalue weighted by atomic mass is 10.3. The van der Waals surface area contributed by atoms with E-state index in [1.165, 1.54) is 12.1 Å². The van der Waals surface area contributed by atoms with Gasteiger partial charge in [0.1, 0.15) is 29.2 Å². The Morgan fingerprint density at radius 3 is 2.95 bits per heavy atom. The minimum Gasteiger partial charge on any atom is -0.370 e. The Labute approximate surface area is 127 Å². The number of hydrogen-bond donors (Lipinski definition) is 1. The van der Waals surface area contributed by atoms with E-state index in [0.29, 0.717) is 24.5 Å². The van der Waals surface area contributed by atoms with Gasteiger partial charge in [0.2, 0.25) is 0 Å². The fourth-order valence-corrected chi connectivity index (χ4v) is 2.33. The van der Waals surface area contributed by atoms with Crippen LogP contribution in [0.4, 0.5) is 10.2 Å². The van der Waals surface area contributed by atoms with E-state index >= 15 is 0 Å². The van der Waals surface area contributed by atoms with Crippen LogP contribution in [0.5, 0.6) is 0 Å². The Balaban J connectivity index is 1.71. The van der Waals surface area contributed by atoms with E-state index in [0.717, 1.165) is 16.9 Å². The van der Waals surface area contributed by atoms with E-state index in [-0.39, 0.29) is 5.82 Å². The van der Waals surface area contributed by atoms with Crippen molar-refractivity contribution in [1.82, 2.24) is 14.5 Å². The predicted octanol–water partition coefficient (Wildman–Crippen LogP) is 2.63. The molecule has 0 aliphatic carbocycles. The van der Waals surface area contributed by atoms with E-state index in [2.05, 4.69) is 15.3 Å². The molecule has 0 amide bonds. The fraction of sp³-hybridized carbons (Fsp3) is 0.188. The minimum absolute atomic E-state index is 0.266. The zero-order chi connectivity index (χ0) is 15.5. The molecule has 0 saturated heterocycles. The lowest BCUT2D eigenvalue weighted by Gasteiger charge is -2.06. The molecule has 0 radical (unpaired) electrons. The topological polar surface area (TPSA) is 66.5 Å². The smallest absolute Gasteiger partial charge is 0.142 e. The normalized spacial score (nSPS) is 10.6. The monoisotopic (exact) mass is 295 g/mol. The van der Waals surface area contributed by atoms with E-state index in [9.17, 15) is 4.39 Å². The van der Waals surface area contributed by atoms with E-state index < -0.39 is 0 Å². The van der Waals surface area contributed by atoms with Crippen LogP contribution in [-0.2, 0) is 13.5 Å². The Hall–Kier alpha value is -2.94. The molecule has 0 aliphatic heterocycles. The van der Waals surface area contributed by atoms with Crippen molar-refractivity contribution in [1.29, 1.82) is 5.26 Å². The molecular weight excluding hydrogens is 281 g/mol. The molecule has 5 nitrogen and oxygen atoms in total. The average molecular weight is 295 g/mol. The first-order valence-corrected chi connectivity index (χ1v) is 6.89. The molecule has 0 fully saturated rings. The molecule has 0 aliphatic rings. The van der Waals surface area contributed by atoms with Gasteiger partial charge in [-0.05, 0) is 30.3 Å². The third-order valence-corrected chi connectivity index (χ3v) is 3.45. The number of rotatable bonds is 4. The first-order valence-electron chi connectivity index (χ1n) is 6.89. The number of aryl methyl sites for hydroxylation is 1. The number of anilines is 1. The van der Waals surface area contributed by atoms with E-state index in [1.54, 1.807) is 18.2 Å². The number of nitrogens with one attached hydrogen (secondary N) is 1. The third kappa shape index (κ3) is 2.74. The highest BCUT2D eigenvalue weighted by Crippen LogP contribution is 2.16. The second-order valence-corrected chi connectivity index (χ2v) is 4.92. The molecule has 110 valence electrons. The van der Waals surface area contributed by atoms with Gasteiger partial charge in [0.15, 0.2) is 0 Å². The number of imidazole rings is 1. The summed E-state index contributed by atoms with van der Waals surface area (Å²) in [4.78, 5) is 8.65. The Morgan fingerprint density at radius 1 is 1.27 bits per heavy atom. The lowest BCUT2D eigenvalue weighted by molar-refractivity contribution is 0.628. The Kier molecular flexibility index (Phi) is 3.71. The first kappa shape index (κ1) is 14.0. The number of nitriles is 1. The van der Waals surface area contributed by atoms with Gasteiger partial charge >= 0.3 is 0 Å². The maximum Gasteiger partial charge on any atom is 0.142 e. The molecule has 0 atom stereocenters. The molecule has 22 heavy (non-hydrogen) atoms. The van der Waals surface area contributed by atoms with Crippen LogP contribution < -0.4 is 5.32 Å². The molecule has 0 saturated carbocycles. The van der Waals surface area contributed by atoms with Crippen LogP contribution in [-0.4, -0.2) is 21.1 Å². The number of hydrogen-bond acceptors (Lipinski definition) is 4. The molecule has 0 bridgehead atoms. The van der Waals surface area contributed by atoms with Crippen molar-refractivity contribution in [3.63, 3.8) is 0 Å². The highest BCUT2D eigenvalue weighted by atomic mass is 19.1. The number of halogens is 1. The van der Waals surface area contributed by atoms with Gasteiger partial charge in [-0.25, -0.2) is 14.4 Å². The highest BCUT2D eigenvalue weighted by Gasteiger charge is 2.08. The molecule has 2 aromatic heterocycles. The number of nitrogens with zero attached hydrogens (tertiary/aromatic N) is 4. The van der Waals surface area contributed by atoms with Crippen molar-refractivity contribution in [2.75, 3.05) is 11.9 Å². The maximum absolute atomic E-state index is 13.3. The van der Waals surface area contributed by atoms with Crippen molar-refractivity contribution in [3.05, 3.63) is 53.7 Å². The zero-order valence-electron chi connectivity index (χ0n) is 12.0. The summed E-state index contributed by atoms with van der Waals surface area (Å²) in [5.41, 5.74) is 1.94. The summed E-state index contributed by atoms with van der Waals surface area (Å²) in [6.07, 6.45) is 0.672. The largest absolute Gasteiger partial charge is 0.370 e. The zero-order valence-corrected chi connectivity index (χ0v) is 12.0. The van der Waals surface area contributed by atoms with Crippen LogP contribution in [0.1, 0.15) is 11.5 Å². The van der Waals surface area contributed by atoms with Crippen molar-refractivity contribution in [3.8, 4) is 6.07 Å². The molecule has 1 N–H and O–H groups in total. The maximum atomic E-state index is 13.3. The van der Waals surface area contributed by atoms with Crippen molar-refractivity contribution < 1.29 is 4.39 Å². The second-order valence-electron chi connectivity index (χ2n) is 4.92. The minimum atomic E-state index is -0.266. The summed E-state index contributed by atoms with van der Waals surface area (Å²) in [5, 5.41) is 12.0. The third-order valence-electron chi connectivity index (χ3n) is 3.45. The number of fused-ring (bicyclic) bond motifs is 1. The van der Waals surface area contributed by atoms with Crippen LogP contribution in [0.15, 0.2) is 36.4 Å². The summed E-state index contributed by atoms with van der Waals surface area (Å²) in [7, 11) is 1.87. The summed E-state index contributed by atoms with van der Waals surface area (Å²) in [6, 6.07) is 11.8. The average Bonchev–Trinajstić information content (AvgIpc) is 2.84. The molecular formula is C16H14FN5. The van der Waals surface area contributed by atoms with Gasteiger partial charge in [-0.2, -0.15) is 5.26 Å². The summed E-state index contributed by atoms with van der Waals surface area (Å²) < 4.78 is 15.2. The molecule has 6 heteroatoms. The molecule has 1 aromatic carbocycles. The summed E-state index contributed by atoms with van der Waals surface area (Å²) in [6.45, 7) is 0.627. The fourth-order valence-electron chi connectivity index (χ4n) is 2.33. The van der Waals surface area contributed by atoms with Crippen LogP contribution in [0, 0.1) is 17.1 Å². The van der Waals surface area contributed by atoms with Crippen LogP contribution in [0.25, 0.3) is 11.0 Å². The molecule has 3 rings (SSSR count). The van der Waals surface area contributed by atoms with E-state index in [4.69, 9.17) is 5.26 Å². The van der Waals surface area contributed by atoms with Crippen molar-refractivity contribution in [2.24, 2.45) is 7.05 Å². The quantitative estimate of drug-likeness (QED) is 0.803. The van der Waals surface area contributed by atoms with Crippen LogP contribution in [0.2, 0.25) is 0 Å². The summed E-state index contributed by atoms with van der Waals surface area (Å²) in [5.74, 6) is 1.26. The SMILES string of the molecule is Cn1c(CCNc2cccc(C#N)n2)nc2ccc(F)cc21. The van der Waals surface area contributed by atoms with E-state index in [1.807, 2.05) is 23.8 Å². The van der Waals surface area contributed by atoms with Gasteiger partial charge in [-0.1, -0.05) is 6.07 Å². The summed E-state index contributed by atoms with van der Waals surface area (Å²) >= 11 is 0. The predicted molar refractivity (Wildman–Crippen MR) is 81.8 cm³/mol. The van der Waals surface area contributed by atoms with Gasteiger partial charge < -0.3 is 9.88 Å². The Bertz CT molecular complexity index is 863. The standard InChI is InChI=1S/C16H14FN5/c1-22-14-9-11(17)5-6-13(14)21-16(22)7-8-19-15-4-2-3-12(10-18)20-15/h2-6,9H,7-8H2,1H3,(H,19,20). The van der Waals surface area contributed by atoms with Gasteiger partial charge in [0, 0.05) is 20.0 Å². The lowest BCUT2D eigenvalue weighted by Crippen LogP contribution is -2.09. The van der Waals surface area contributed by atoms with Gasteiger partial charge in [-0.3, -0.25) is 0 Å². The molecule has 3 aromatic rings. The van der Waals surface area contributed by atoms with Crippen LogP contribution >= 0.6 is 0 Å². The van der Waals surface area contributed by atoms with Gasteiger partial charge in [-0.15, -0.1) is 0 Å². The highest BCUT2D eigenvalue weighted by molar-refractivity contribution is 5.75. The molecule has 2 heterocycles. The van der Waals surface area contributed by atoms with Gasteiger partial charge in [0.25, 0.3) is 0 Å². The second kappa shape index (κ2) is 5.82.